The van der Waals surface area contributed by atoms with Crippen molar-refractivity contribution >= 4 is 37.5 Å². The molecule has 0 saturated carbocycles. The number of benzene rings is 1. The van der Waals surface area contributed by atoms with Crippen LogP contribution in [0.2, 0.25) is 0 Å². The van der Waals surface area contributed by atoms with Gasteiger partial charge in [-0.25, -0.2) is 0 Å². The molecule has 14 heavy (non-hydrogen) atoms. The molecule has 0 aliphatic heterocycles. The largest absolute Gasteiger partial charge is 0.273 e. The topological polar surface area (TPSA) is 43.1 Å². The molecule has 0 N–H and O–H groups in total. The van der Waals surface area contributed by atoms with Gasteiger partial charge < -0.3 is 0 Å². The smallest absolute Gasteiger partial charge is 0.258 e. The molecule has 0 radical (unpaired) electrons. The van der Waals surface area contributed by atoms with Crippen LogP contribution in [0.25, 0.3) is 0 Å². The van der Waals surface area contributed by atoms with Crippen LogP contribution in [0, 0.1) is 17.0 Å². The second kappa shape index (κ2) is 4.40. The van der Waals surface area contributed by atoms with Gasteiger partial charge in [0.1, 0.15) is 0 Å². The molecule has 0 aliphatic carbocycles. The van der Waals surface area contributed by atoms with Crippen molar-refractivity contribution in [3.05, 3.63) is 37.8 Å². The van der Waals surface area contributed by atoms with E-state index in [0.717, 1.165) is 10.0 Å². The fourth-order valence-corrected chi connectivity index (χ4v) is 1.84. The monoisotopic (exact) mass is 321 g/mol. The maximum Gasteiger partial charge on any atom is 0.273 e. The second-order valence-electron chi connectivity index (χ2n) is 3.02. The summed E-state index contributed by atoms with van der Waals surface area (Å²) in [6, 6.07) is 3.49. The Morgan fingerprint density at radius 1 is 1.50 bits per heavy atom. The maximum atomic E-state index is 10.7. The average molecular weight is 323 g/mol. The Balaban J connectivity index is 3.35. The molecule has 1 aromatic rings. The van der Waals surface area contributed by atoms with Crippen LogP contribution in [0.3, 0.4) is 0 Å². The third-order valence-corrected chi connectivity index (χ3v) is 3.35. The molecular weight excluding hydrogens is 314 g/mol. The average Bonchev–Trinajstić information content (AvgIpc) is 2.08. The van der Waals surface area contributed by atoms with Gasteiger partial charge in [0.05, 0.1) is 4.92 Å². The summed E-state index contributed by atoms with van der Waals surface area (Å²) in [6.07, 6.45) is 0. The lowest BCUT2D eigenvalue weighted by Crippen LogP contribution is -1.95. The van der Waals surface area contributed by atoms with E-state index in [-0.39, 0.29) is 15.4 Å². The first-order chi connectivity index (χ1) is 6.43. The Bertz CT molecular complexity index is 377. The van der Waals surface area contributed by atoms with E-state index >= 15 is 0 Å². The van der Waals surface area contributed by atoms with Crippen molar-refractivity contribution < 1.29 is 4.92 Å². The quantitative estimate of drug-likeness (QED) is 0.467. The molecule has 0 heterocycles. The predicted molar refractivity (Wildman–Crippen MR) is 62.9 cm³/mol. The van der Waals surface area contributed by atoms with Crippen molar-refractivity contribution in [2.24, 2.45) is 0 Å². The van der Waals surface area contributed by atoms with Crippen LogP contribution in [0.15, 0.2) is 16.6 Å². The van der Waals surface area contributed by atoms with E-state index in [9.17, 15) is 10.1 Å². The van der Waals surface area contributed by atoms with E-state index < -0.39 is 0 Å². The van der Waals surface area contributed by atoms with Gasteiger partial charge in [0.2, 0.25) is 0 Å². The van der Waals surface area contributed by atoms with Crippen LogP contribution in [0.4, 0.5) is 5.69 Å². The number of halogens is 2. The standard InChI is InChI=1S/C9H9Br2NO2/c1-5-8(11)3-7(6(2)10)4-9(5)12(13)14/h3-4,6H,1-2H3. The van der Waals surface area contributed by atoms with Crippen molar-refractivity contribution in [1.29, 1.82) is 0 Å². The summed E-state index contributed by atoms with van der Waals surface area (Å²) < 4.78 is 0.771. The van der Waals surface area contributed by atoms with Crippen LogP contribution in [0.5, 0.6) is 0 Å². The van der Waals surface area contributed by atoms with Gasteiger partial charge in [-0.2, -0.15) is 0 Å². The maximum absolute atomic E-state index is 10.7. The highest BCUT2D eigenvalue weighted by Gasteiger charge is 2.16. The number of nitro groups is 1. The highest BCUT2D eigenvalue weighted by Crippen LogP contribution is 2.32. The van der Waals surface area contributed by atoms with Gasteiger partial charge in [0.25, 0.3) is 5.69 Å². The van der Waals surface area contributed by atoms with Gasteiger partial charge in [-0.1, -0.05) is 31.9 Å². The Morgan fingerprint density at radius 3 is 2.50 bits per heavy atom. The molecule has 0 spiro atoms. The minimum atomic E-state index is -0.362. The van der Waals surface area contributed by atoms with Crippen molar-refractivity contribution in [2.75, 3.05) is 0 Å². The van der Waals surface area contributed by atoms with Crippen LogP contribution in [0.1, 0.15) is 22.9 Å². The summed E-state index contributed by atoms with van der Waals surface area (Å²) in [5.74, 6) is 0. The first-order valence-corrected chi connectivity index (χ1v) is 5.73. The molecular formula is C9H9Br2NO2. The lowest BCUT2D eigenvalue weighted by Gasteiger charge is -2.07. The Kier molecular flexibility index (Phi) is 3.66. The fourth-order valence-electron chi connectivity index (χ4n) is 1.10. The minimum absolute atomic E-state index is 0.109. The number of alkyl halides is 1. The van der Waals surface area contributed by atoms with Crippen molar-refractivity contribution in [1.82, 2.24) is 0 Å². The fraction of sp³-hybridized carbons (Fsp3) is 0.333. The third-order valence-electron chi connectivity index (χ3n) is 2.00. The lowest BCUT2D eigenvalue weighted by atomic mass is 10.1. The van der Waals surface area contributed by atoms with E-state index in [0.29, 0.717) is 5.56 Å². The molecule has 0 aromatic heterocycles. The van der Waals surface area contributed by atoms with Gasteiger partial charge >= 0.3 is 0 Å². The van der Waals surface area contributed by atoms with E-state index in [1.807, 2.05) is 13.0 Å². The summed E-state index contributed by atoms with van der Waals surface area (Å²) in [5, 5.41) is 10.7. The molecule has 1 atom stereocenters. The summed E-state index contributed by atoms with van der Waals surface area (Å²) in [4.78, 5) is 10.5. The molecule has 3 nitrogen and oxygen atoms in total. The Hall–Kier alpha value is -0.420. The number of nitrogens with zero attached hydrogens (tertiary/aromatic N) is 1. The Morgan fingerprint density at radius 2 is 2.07 bits per heavy atom. The van der Waals surface area contributed by atoms with Gasteiger partial charge in [-0.15, -0.1) is 0 Å². The van der Waals surface area contributed by atoms with E-state index in [1.54, 1.807) is 13.0 Å². The van der Waals surface area contributed by atoms with Gasteiger partial charge in [0, 0.05) is 20.9 Å². The lowest BCUT2D eigenvalue weighted by molar-refractivity contribution is -0.385. The van der Waals surface area contributed by atoms with Gasteiger partial charge in [0.15, 0.2) is 0 Å². The zero-order chi connectivity index (χ0) is 10.9. The van der Waals surface area contributed by atoms with Crippen LogP contribution in [-0.4, -0.2) is 4.92 Å². The molecule has 0 amide bonds. The molecule has 0 aliphatic rings. The molecule has 1 rings (SSSR count). The molecule has 5 heteroatoms. The SMILES string of the molecule is Cc1c(Br)cc(C(C)Br)cc1[N+](=O)[O-]. The first-order valence-electron chi connectivity index (χ1n) is 4.02. The van der Waals surface area contributed by atoms with Gasteiger partial charge in [-0.05, 0) is 25.5 Å². The van der Waals surface area contributed by atoms with E-state index in [1.165, 1.54) is 0 Å². The highest BCUT2D eigenvalue weighted by atomic mass is 79.9. The Labute approximate surface area is 98.9 Å². The van der Waals surface area contributed by atoms with Crippen LogP contribution in [-0.2, 0) is 0 Å². The summed E-state index contributed by atoms with van der Waals surface area (Å²) in [5.41, 5.74) is 1.71. The summed E-state index contributed by atoms with van der Waals surface area (Å²) in [7, 11) is 0. The zero-order valence-corrected chi connectivity index (χ0v) is 10.9. The molecule has 76 valence electrons. The molecule has 1 aromatic carbocycles. The minimum Gasteiger partial charge on any atom is -0.258 e. The van der Waals surface area contributed by atoms with Gasteiger partial charge in [-0.3, -0.25) is 10.1 Å². The van der Waals surface area contributed by atoms with Crippen LogP contribution < -0.4 is 0 Å². The number of hydrogen-bond donors (Lipinski definition) is 0. The first kappa shape index (κ1) is 11.7. The normalized spacial score (nSPS) is 12.6. The highest BCUT2D eigenvalue weighted by molar-refractivity contribution is 9.10. The van der Waals surface area contributed by atoms with Crippen molar-refractivity contribution in [3.8, 4) is 0 Å². The van der Waals surface area contributed by atoms with E-state index in [2.05, 4.69) is 31.9 Å². The number of rotatable bonds is 2. The van der Waals surface area contributed by atoms with E-state index in [4.69, 9.17) is 0 Å². The summed E-state index contributed by atoms with van der Waals surface area (Å²) in [6.45, 7) is 3.66. The summed E-state index contributed by atoms with van der Waals surface area (Å²) >= 11 is 6.69. The van der Waals surface area contributed by atoms with Crippen molar-refractivity contribution in [2.45, 2.75) is 18.7 Å². The second-order valence-corrected chi connectivity index (χ2v) is 5.25. The number of hydrogen-bond acceptors (Lipinski definition) is 2. The molecule has 1 unspecified atom stereocenters. The molecule has 0 bridgehead atoms. The van der Waals surface area contributed by atoms with Crippen LogP contribution >= 0.6 is 31.9 Å². The van der Waals surface area contributed by atoms with Crippen molar-refractivity contribution in [3.63, 3.8) is 0 Å². The molecule has 0 saturated heterocycles. The predicted octanol–water partition coefficient (Wildman–Crippen LogP) is 4.12. The zero-order valence-electron chi connectivity index (χ0n) is 7.75. The molecule has 0 fully saturated rings. The number of nitro benzene ring substituents is 1. The third kappa shape index (κ3) is 2.33.